The molecule has 8 rings (SSSR count). The van der Waals surface area contributed by atoms with Crippen molar-refractivity contribution in [2.24, 2.45) is 127 Å². The van der Waals surface area contributed by atoms with Crippen LogP contribution in [0.5, 0.6) is 0 Å². The first-order valence-electron chi connectivity index (χ1n) is 33.8. The molecule has 0 aromatic heterocycles. The van der Waals surface area contributed by atoms with Crippen LogP contribution in [0.3, 0.4) is 0 Å². The predicted molar refractivity (Wildman–Crippen MR) is 320 cm³/mol. The molecule has 79 heavy (non-hydrogen) atoms. The van der Waals surface area contributed by atoms with Gasteiger partial charge in [-0.05, 0) is 275 Å². The number of hydrogen-bond donors (Lipinski definition) is 6. The second kappa shape index (κ2) is 30.2. The molecule has 8 aliphatic rings. The fourth-order valence-corrected chi connectivity index (χ4v) is 20.7. The summed E-state index contributed by atoms with van der Waals surface area (Å²) in [4.78, 5) is 0. The van der Waals surface area contributed by atoms with Crippen LogP contribution < -0.4 is 34.4 Å². The number of fused-ring (bicyclic) bond motifs is 10. The number of ether oxygens (including phenoxy) is 7. The van der Waals surface area contributed by atoms with Gasteiger partial charge in [0.1, 0.15) is 0 Å². The third-order valence-electron chi connectivity index (χ3n) is 24.9. The monoisotopic (exact) mass is 1110 g/mol. The van der Waals surface area contributed by atoms with Crippen LogP contribution in [0.15, 0.2) is 0 Å². The summed E-state index contributed by atoms with van der Waals surface area (Å²) in [6, 6.07) is 0. The van der Waals surface area contributed by atoms with Gasteiger partial charge in [0.15, 0.2) is 0 Å². The van der Waals surface area contributed by atoms with E-state index in [1.54, 1.807) is 0 Å². The largest absolute Gasteiger partial charge is 0.381 e. The SMILES string of the molecule is C[C@H](CCCOCCC[C@@H](C)[C@H]1CCC2C3C(OCCCN)CC4C[C@H](OCCCN)CC[C@]4(C)C3C[C@H](OCCCN)[C@@]21C)[C@H]1CCC2C3C(OCCCN)CC4C[C@H](OCCCN)CC[C@]4(C)C3C[C@H](OCCCN)[C@@]21C. The fourth-order valence-electron chi connectivity index (χ4n) is 20.7. The van der Waals surface area contributed by atoms with Crippen molar-refractivity contribution < 1.29 is 33.2 Å². The maximum Gasteiger partial charge on any atom is 0.0637 e. The van der Waals surface area contributed by atoms with E-state index in [0.29, 0.717) is 122 Å². The zero-order chi connectivity index (χ0) is 56.2. The van der Waals surface area contributed by atoms with Crippen LogP contribution in [0.1, 0.15) is 196 Å². The molecule has 8 aliphatic carbocycles. The minimum absolute atomic E-state index is 0.103. The van der Waals surface area contributed by atoms with Gasteiger partial charge < -0.3 is 67.6 Å². The third-order valence-corrected chi connectivity index (χ3v) is 24.9. The van der Waals surface area contributed by atoms with Crippen LogP contribution >= 0.6 is 0 Å². The molecule has 13 nitrogen and oxygen atoms in total. The number of rotatable bonds is 34. The van der Waals surface area contributed by atoms with Crippen molar-refractivity contribution in [1.82, 2.24) is 0 Å². The summed E-state index contributed by atoms with van der Waals surface area (Å²) in [5, 5.41) is 0. The van der Waals surface area contributed by atoms with Crippen molar-refractivity contribution in [3.05, 3.63) is 0 Å². The summed E-state index contributed by atoms with van der Waals surface area (Å²) in [5.74, 6) is 7.07. The predicted octanol–water partition coefficient (Wildman–Crippen LogP) is 10.00. The van der Waals surface area contributed by atoms with Crippen molar-refractivity contribution in [1.29, 1.82) is 0 Å². The average Bonchev–Trinajstić information content (AvgIpc) is 4.19. The number of nitrogens with two attached hydrogens (primary N) is 6. The third kappa shape index (κ3) is 14.0. The molecular formula is C66H124N6O7. The number of hydrogen-bond acceptors (Lipinski definition) is 13. The minimum atomic E-state index is 0.103. The summed E-state index contributed by atoms with van der Waals surface area (Å²) in [5.41, 5.74) is 36.9. The summed E-state index contributed by atoms with van der Waals surface area (Å²) < 4.78 is 48.0. The molecule has 13 heteroatoms. The van der Waals surface area contributed by atoms with Gasteiger partial charge in [0.25, 0.3) is 0 Å². The highest BCUT2D eigenvalue weighted by Gasteiger charge is 2.68. The lowest BCUT2D eigenvalue weighted by atomic mass is 9.43. The van der Waals surface area contributed by atoms with Crippen molar-refractivity contribution in [2.45, 2.75) is 232 Å². The van der Waals surface area contributed by atoms with E-state index in [0.717, 1.165) is 156 Å². The van der Waals surface area contributed by atoms with Crippen LogP contribution in [-0.4, -0.2) is 129 Å². The molecule has 22 atom stereocenters. The van der Waals surface area contributed by atoms with E-state index in [2.05, 4.69) is 41.5 Å². The van der Waals surface area contributed by atoms with Gasteiger partial charge in [-0.15, -0.1) is 0 Å². The summed E-state index contributed by atoms with van der Waals surface area (Å²) >= 11 is 0. The van der Waals surface area contributed by atoms with E-state index >= 15 is 0 Å². The Balaban J connectivity index is 0.874. The van der Waals surface area contributed by atoms with E-state index in [1.165, 1.54) is 51.4 Å². The van der Waals surface area contributed by atoms with Crippen LogP contribution in [0.25, 0.3) is 0 Å². The second-order valence-electron chi connectivity index (χ2n) is 28.8. The highest BCUT2D eigenvalue weighted by molar-refractivity contribution is 5.17. The first kappa shape index (κ1) is 64.5. The van der Waals surface area contributed by atoms with Crippen molar-refractivity contribution in [3.8, 4) is 0 Å². The van der Waals surface area contributed by atoms with Crippen molar-refractivity contribution in [3.63, 3.8) is 0 Å². The first-order chi connectivity index (χ1) is 38.3. The molecule has 8 saturated carbocycles. The normalized spacial score (nSPS) is 42.4. The van der Waals surface area contributed by atoms with Gasteiger partial charge in [0.05, 0.1) is 36.6 Å². The van der Waals surface area contributed by atoms with Crippen molar-refractivity contribution >= 4 is 0 Å². The molecule has 460 valence electrons. The Bertz CT molecular complexity index is 1650. The molecule has 0 radical (unpaired) electrons. The Morgan fingerprint density at radius 3 is 1.10 bits per heavy atom. The van der Waals surface area contributed by atoms with Crippen LogP contribution in [0.2, 0.25) is 0 Å². The van der Waals surface area contributed by atoms with Crippen LogP contribution in [-0.2, 0) is 33.2 Å². The zero-order valence-electron chi connectivity index (χ0n) is 51.6. The standard InChI is InChI=1S/C66H124N6O7/c1-45(51-17-19-53-61-55(43-59(65(51,53)5)78-37-13-29-71)63(3)23-21-49(74-33-9-25-67)39-47(63)41-57(61)76-35-11-27-69)15-7-31-73-32-8-16-46(2)52-18-20-54-62-56(44-60(66(52,54)6)79-38-14-30-72)64(4)24-22-50(75-34-10-26-68)40-48(64)42-58(62)77-36-12-28-70/h45-62H,7-44,67-72H2,1-6H3/t45-,46-,47?,48?,49-,50-,51-,52-,53?,54?,55?,56?,57?,58?,59+,60+,61?,62?,63+,64+,65-,66-/m1/s1. The molecule has 0 spiro atoms. The Morgan fingerprint density at radius 1 is 0.380 bits per heavy atom. The van der Waals surface area contributed by atoms with E-state index < -0.39 is 0 Å². The van der Waals surface area contributed by atoms with Gasteiger partial charge in [-0.3, -0.25) is 0 Å². The van der Waals surface area contributed by atoms with E-state index in [-0.39, 0.29) is 46.1 Å². The molecule has 0 aromatic rings. The average molecular weight is 1110 g/mol. The lowest BCUT2D eigenvalue weighted by Crippen LogP contribution is -2.63. The lowest BCUT2D eigenvalue weighted by molar-refractivity contribution is -0.227. The molecule has 12 N–H and O–H groups in total. The molecule has 0 aliphatic heterocycles. The smallest absolute Gasteiger partial charge is 0.0637 e. The molecule has 0 aromatic carbocycles. The lowest BCUT2D eigenvalue weighted by Gasteiger charge is -2.65. The first-order valence-corrected chi connectivity index (χ1v) is 33.8. The summed E-state index contributed by atoms with van der Waals surface area (Å²) in [6.07, 6.45) is 28.5. The molecule has 0 bridgehead atoms. The Hall–Kier alpha value is -0.520. The topological polar surface area (TPSA) is 221 Å². The van der Waals surface area contributed by atoms with Gasteiger partial charge in [-0.1, -0.05) is 41.5 Å². The Kier molecular flexibility index (Phi) is 24.7. The van der Waals surface area contributed by atoms with Gasteiger partial charge in [0.2, 0.25) is 0 Å². The van der Waals surface area contributed by atoms with E-state index in [9.17, 15) is 0 Å². The van der Waals surface area contributed by atoms with Crippen LogP contribution in [0, 0.1) is 92.7 Å². The van der Waals surface area contributed by atoms with E-state index in [4.69, 9.17) is 67.6 Å². The summed E-state index contributed by atoms with van der Waals surface area (Å²) in [6.45, 7) is 26.1. The molecular weight excluding hydrogens is 989 g/mol. The maximum atomic E-state index is 7.16. The minimum Gasteiger partial charge on any atom is -0.381 e. The quantitative estimate of drug-likeness (QED) is 0.0331. The zero-order valence-corrected chi connectivity index (χ0v) is 51.6. The molecule has 0 saturated heterocycles. The Labute approximate surface area is 482 Å². The molecule has 0 amide bonds. The van der Waals surface area contributed by atoms with Gasteiger partial charge >= 0.3 is 0 Å². The van der Waals surface area contributed by atoms with Crippen molar-refractivity contribution in [2.75, 3.05) is 92.1 Å². The van der Waals surface area contributed by atoms with Gasteiger partial charge in [-0.25, -0.2) is 0 Å². The van der Waals surface area contributed by atoms with E-state index in [1.807, 2.05) is 0 Å². The second-order valence-corrected chi connectivity index (χ2v) is 28.8. The molecule has 0 heterocycles. The molecule has 10 unspecified atom stereocenters. The highest BCUT2D eigenvalue weighted by Crippen LogP contribution is 2.71. The summed E-state index contributed by atoms with van der Waals surface area (Å²) in [7, 11) is 0. The van der Waals surface area contributed by atoms with Gasteiger partial charge in [-0.2, -0.15) is 0 Å². The fraction of sp³-hybridized carbons (Fsp3) is 1.00. The Morgan fingerprint density at radius 2 is 0.734 bits per heavy atom. The maximum absolute atomic E-state index is 7.16. The van der Waals surface area contributed by atoms with Crippen LogP contribution in [0.4, 0.5) is 0 Å². The molecule has 8 fully saturated rings. The van der Waals surface area contributed by atoms with Gasteiger partial charge in [0, 0.05) is 63.7 Å². The highest BCUT2D eigenvalue weighted by atomic mass is 16.5.